The van der Waals surface area contributed by atoms with Crippen LogP contribution in [0.5, 0.6) is 5.75 Å². The summed E-state index contributed by atoms with van der Waals surface area (Å²) >= 11 is 0. The molecular weight excluding hydrogens is 502 g/mol. The molecule has 11 heteroatoms. The number of anilines is 1. The van der Waals surface area contributed by atoms with E-state index in [9.17, 15) is 22.7 Å². The number of para-hydroxylation sites is 2. The van der Waals surface area contributed by atoms with E-state index in [1.165, 1.54) is 13.3 Å². The largest absolute Gasteiger partial charge is 0.494 e. The van der Waals surface area contributed by atoms with Crippen molar-refractivity contribution in [2.45, 2.75) is 37.5 Å². The molecule has 0 aliphatic carbocycles. The van der Waals surface area contributed by atoms with Gasteiger partial charge in [-0.2, -0.15) is 0 Å². The first kappa shape index (κ1) is 25.9. The Balaban J connectivity index is 1.59. The Bertz CT molecular complexity index is 1460. The summed E-state index contributed by atoms with van der Waals surface area (Å²) in [6.45, 7) is 0.763. The average molecular weight is 530 g/mol. The molecule has 5 rings (SSSR count). The van der Waals surface area contributed by atoms with Crippen molar-refractivity contribution in [2.24, 2.45) is 5.73 Å². The monoisotopic (exact) mass is 529 g/mol. The standard InChI is InChI=1S/C27H27F4N5O2/c1-38-24-11-18(28)17(10-19(24)29)21-9-16(13-36-15-34-20-5-2-3-6-22(20)36)23(12-33-21)35-8-4-7-27(32,14-35)25(37)26(30)31/h2-3,5-6,9-12,15,25-26,37H,4,7-8,13-14,32H2,1H3/t25-,27-/m1/s1. The maximum absolute atomic E-state index is 14.9. The first-order chi connectivity index (χ1) is 18.2. The van der Waals surface area contributed by atoms with Crippen LogP contribution < -0.4 is 15.4 Å². The third-order valence-electron chi connectivity index (χ3n) is 7.08. The number of alkyl halides is 2. The van der Waals surface area contributed by atoms with Gasteiger partial charge < -0.3 is 25.0 Å². The van der Waals surface area contributed by atoms with Gasteiger partial charge in [0.15, 0.2) is 11.6 Å². The summed E-state index contributed by atoms with van der Waals surface area (Å²) in [5, 5.41) is 10.1. The first-order valence-electron chi connectivity index (χ1n) is 12.1. The van der Waals surface area contributed by atoms with Crippen molar-refractivity contribution >= 4 is 16.7 Å². The van der Waals surface area contributed by atoms with Crippen LogP contribution in [0.15, 0.2) is 55.0 Å². The second kappa shape index (κ2) is 10.2. The molecule has 2 aromatic carbocycles. The summed E-state index contributed by atoms with van der Waals surface area (Å²) in [5.74, 6) is -1.67. The predicted octanol–water partition coefficient (Wildman–Crippen LogP) is 4.36. The van der Waals surface area contributed by atoms with Gasteiger partial charge in [0.25, 0.3) is 6.43 Å². The van der Waals surface area contributed by atoms with E-state index in [1.807, 2.05) is 33.7 Å². The molecule has 1 aliphatic rings. The second-order valence-corrected chi connectivity index (χ2v) is 9.56. The van der Waals surface area contributed by atoms with Crippen molar-refractivity contribution < 1.29 is 27.4 Å². The van der Waals surface area contributed by atoms with Gasteiger partial charge in [-0.3, -0.25) is 4.98 Å². The molecule has 0 radical (unpaired) electrons. The van der Waals surface area contributed by atoms with Crippen LogP contribution >= 0.6 is 0 Å². The zero-order valence-corrected chi connectivity index (χ0v) is 20.6. The Morgan fingerprint density at radius 1 is 1.13 bits per heavy atom. The lowest BCUT2D eigenvalue weighted by atomic mass is 9.84. The molecule has 4 aromatic rings. The number of aromatic nitrogens is 3. The number of hydrogen-bond acceptors (Lipinski definition) is 6. The van der Waals surface area contributed by atoms with Gasteiger partial charge in [0, 0.05) is 24.7 Å². The number of nitrogens with two attached hydrogens (primary N) is 1. The molecule has 0 spiro atoms. The number of imidazole rings is 1. The van der Waals surface area contributed by atoms with Gasteiger partial charge in [0.2, 0.25) is 0 Å². The van der Waals surface area contributed by atoms with Gasteiger partial charge in [-0.05, 0) is 42.7 Å². The fraction of sp³-hybridized carbons (Fsp3) is 0.333. The number of rotatable bonds is 7. The number of benzene rings is 2. The molecule has 3 heterocycles. The first-order valence-corrected chi connectivity index (χ1v) is 12.1. The highest BCUT2D eigenvalue weighted by Gasteiger charge is 2.43. The summed E-state index contributed by atoms with van der Waals surface area (Å²) in [4.78, 5) is 10.6. The molecule has 1 aliphatic heterocycles. The van der Waals surface area contributed by atoms with E-state index >= 15 is 0 Å². The molecule has 2 atom stereocenters. The minimum absolute atomic E-state index is 0.0251. The number of nitrogens with zero attached hydrogens (tertiary/aromatic N) is 4. The summed E-state index contributed by atoms with van der Waals surface area (Å²) in [5.41, 5.74) is 7.80. The zero-order valence-electron chi connectivity index (χ0n) is 20.6. The van der Waals surface area contributed by atoms with E-state index in [-0.39, 0.29) is 36.5 Å². The second-order valence-electron chi connectivity index (χ2n) is 9.56. The van der Waals surface area contributed by atoms with Gasteiger partial charge in [-0.1, -0.05) is 12.1 Å². The van der Waals surface area contributed by atoms with Crippen LogP contribution in [0.2, 0.25) is 0 Å². The minimum atomic E-state index is -2.98. The lowest BCUT2D eigenvalue weighted by molar-refractivity contribution is -0.0529. The molecule has 0 amide bonds. The fourth-order valence-electron chi connectivity index (χ4n) is 5.06. The Labute approximate surface area is 216 Å². The maximum Gasteiger partial charge on any atom is 0.265 e. The fourth-order valence-corrected chi connectivity index (χ4v) is 5.06. The van der Waals surface area contributed by atoms with Gasteiger partial charge in [0.05, 0.1) is 54.1 Å². The van der Waals surface area contributed by atoms with Gasteiger partial charge in [-0.25, -0.2) is 22.5 Å². The molecule has 3 N–H and O–H groups in total. The number of aliphatic hydroxyl groups is 1. The molecular formula is C27H27F4N5O2. The molecule has 2 aromatic heterocycles. The quantitative estimate of drug-likeness (QED) is 0.346. The molecule has 0 bridgehead atoms. The average Bonchev–Trinajstić information content (AvgIpc) is 3.32. The number of fused-ring (bicyclic) bond motifs is 1. The van der Waals surface area contributed by atoms with E-state index in [2.05, 4.69) is 9.97 Å². The molecule has 1 fully saturated rings. The van der Waals surface area contributed by atoms with Crippen molar-refractivity contribution in [1.29, 1.82) is 0 Å². The van der Waals surface area contributed by atoms with Crippen LogP contribution in [-0.2, 0) is 6.54 Å². The summed E-state index contributed by atoms with van der Waals surface area (Å²) in [6, 6.07) is 11.2. The van der Waals surface area contributed by atoms with Gasteiger partial charge >= 0.3 is 0 Å². The maximum atomic E-state index is 14.9. The number of pyridine rings is 1. The normalized spacial score (nSPS) is 18.8. The van der Waals surface area contributed by atoms with Crippen LogP contribution in [0.4, 0.5) is 23.2 Å². The number of piperidine rings is 1. The van der Waals surface area contributed by atoms with E-state index in [0.717, 1.165) is 23.2 Å². The molecule has 0 saturated carbocycles. The van der Waals surface area contributed by atoms with Crippen LogP contribution in [0, 0.1) is 11.6 Å². The van der Waals surface area contributed by atoms with Gasteiger partial charge in [-0.15, -0.1) is 0 Å². The number of halogens is 4. The lowest BCUT2D eigenvalue weighted by Crippen LogP contribution is -2.63. The zero-order chi connectivity index (χ0) is 27.0. The van der Waals surface area contributed by atoms with Crippen LogP contribution in [0.3, 0.4) is 0 Å². The highest BCUT2D eigenvalue weighted by atomic mass is 19.3. The number of ether oxygens (including phenoxy) is 1. The van der Waals surface area contributed by atoms with E-state index < -0.39 is 29.7 Å². The predicted molar refractivity (Wildman–Crippen MR) is 135 cm³/mol. The summed E-state index contributed by atoms with van der Waals surface area (Å²) < 4.78 is 62.9. The van der Waals surface area contributed by atoms with E-state index in [0.29, 0.717) is 24.2 Å². The number of hydrogen-bond donors (Lipinski definition) is 2. The molecule has 1 saturated heterocycles. The smallest absolute Gasteiger partial charge is 0.265 e. The Kier molecular flexibility index (Phi) is 6.97. The van der Waals surface area contributed by atoms with Crippen molar-refractivity contribution in [3.63, 3.8) is 0 Å². The van der Waals surface area contributed by atoms with Crippen LogP contribution in [0.25, 0.3) is 22.3 Å². The third kappa shape index (κ3) is 4.79. The molecule has 200 valence electrons. The van der Waals surface area contributed by atoms with Crippen molar-refractivity contribution in [3.8, 4) is 17.0 Å². The number of methoxy groups -OCH3 is 1. The van der Waals surface area contributed by atoms with Crippen molar-refractivity contribution in [2.75, 3.05) is 25.1 Å². The van der Waals surface area contributed by atoms with Crippen molar-refractivity contribution in [3.05, 3.63) is 72.2 Å². The van der Waals surface area contributed by atoms with E-state index in [1.54, 1.807) is 12.4 Å². The highest BCUT2D eigenvalue weighted by Crippen LogP contribution is 2.34. The Morgan fingerprint density at radius 2 is 1.92 bits per heavy atom. The van der Waals surface area contributed by atoms with Crippen molar-refractivity contribution in [1.82, 2.24) is 14.5 Å². The minimum Gasteiger partial charge on any atom is -0.494 e. The summed E-state index contributed by atoms with van der Waals surface area (Å²) in [7, 11) is 1.25. The van der Waals surface area contributed by atoms with Crippen LogP contribution in [0.1, 0.15) is 18.4 Å². The summed E-state index contributed by atoms with van der Waals surface area (Å²) in [6.07, 6.45) is -1.08. The molecule has 7 nitrogen and oxygen atoms in total. The molecule has 38 heavy (non-hydrogen) atoms. The van der Waals surface area contributed by atoms with Crippen LogP contribution in [-0.4, -0.2) is 57.9 Å². The van der Waals surface area contributed by atoms with Gasteiger partial charge in [0.1, 0.15) is 11.9 Å². The molecule has 0 unspecified atom stereocenters. The third-order valence-corrected chi connectivity index (χ3v) is 7.08. The SMILES string of the molecule is COc1cc(F)c(-c2cc(Cn3cnc4ccccc43)c(N3CCC[C@](N)([C@H](O)C(F)F)C3)cn2)cc1F. The highest BCUT2D eigenvalue weighted by molar-refractivity contribution is 5.75. The van der Waals surface area contributed by atoms with E-state index in [4.69, 9.17) is 10.5 Å². The number of aliphatic hydroxyl groups excluding tert-OH is 1. The topological polar surface area (TPSA) is 89.4 Å². The lowest BCUT2D eigenvalue weighted by Gasteiger charge is -2.44. The Hall–Kier alpha value is -3.70. The Morgan fingerprint density at radius 3 is 2.68 bits per heavy atom.